The van der Waals surface area contributed by atoms with E-state index in [1.165, 1.54) is 0 Å². The fraction of sp³-hybridized carbons (Fsp3) is 0.400. The third kappa shape index (κ3) is 4.25. The predicted octanol–water partition coefficient (Wildman–Crippen LogP) is 2.96. The molecular weight excluding hydrogens is 376 g/mol. The molecule has 0 aliphatic heterocycles. The molecule has 0 fully saturated rings. The van der Waals surface area contributed by atoms with Gasteiger partial charge in [0.2, 0.25) is 5.91 Å². The van der Waals surface area contributed by atoms with Gasteiger partial charge in [0.1, 0.15) is 12.2 Å². The van der Waals surface area contributed by atoms with Crippen molar-refractivity contribution in [2.75, 3.05) is 6.54 Å². The smallest absolute Gasteiger partial charge is 0.224 e. The summed E-state index contributed by atoms with van der Waals surface area (Å²) in [7, 11) is 0. The maximum absolute atomic E-state index is 12.4. The molecule has 0 unspecified atom stereocenters. The molecule has 0 bridgehead atoms. The molecule has 0 atom stereocenters. The molecule has 148 valence electrons. The van der Waals surface area contributed by atoms with Gasteiger partial charge in [-0.15, -0.1) is 10.2 Å². The van der Waals surface area contributed by atoms with E-state index in [-0.39, 0.29) is 12.3 Å². The molecule has 0 aliphatic carbocycles. The Hall–Kier alpha value is -2.67. The fourth-order valence-corrected chi connectivity index (χ4v) is 3.34. The van der Waals surface area contributed by atoms with Crippen LogP contribution >= 0.6 is 11.6 Å². The molecule has 0 radical (unpaired) electrons. The minimum atomic E-state index is -0.0322. The number of halogens is 1. The Balaban J connectivity index is 1.66. The average Bonchev–Trinajstić information content (AvgIpc) is 3.23. The van der Waals surface area contributed by atoms with Crippen LogP contribution in [0.3, 0.4) is 0 Å². The van der Waals surface area contributed by atoms with Gasteiger partial charge in [0, 0.05) is 35.8 Å². The van der Waals surface area contributed by atoms with Crippen molar-refractivity contribution in [3.63, 3.8) is 0 Å². The number of nitrogens with one attached hydrogen (secondary N) is 1. The summed E-state index contributed by atoms with van der Waals surface area (Å²) in [5.74, 6) is 0.842. The summed E-state index contributed by atoms with van der Waals surface area (Å²) in [6.07, 6.45) is 2.64. The van der Waals surface area contributed by atoms with Crippen LogP contribution in [0.15, 0.2) is 24.5 Å². The predicted molar refractivity (Wildman–Crippen MR) is 109 cm³/mol. The van der Waals surface area contributed by atoms with E-state index in [0.717, 1.165) is 40.6 Å². The molecule has 1 amide bonds. The maximum Gasteiger partial charge on any atom is 0.224 e. The summed E-state index contributed by atoms with van der Waals surface area (Å²) in [6, 6.07) is 5.84. The molecule has 0 spiro atoms. The molecule has 28 heavy (non-hydrogen) atoms. The van der Waals surface area contributed by atoms with E-state index in [0.29, 0.717) is 18.0 Å². The summed E-state index contributed by atoms with van der Waals surface area (Å²) in [5, 5.41) is 16.3. The van der Waals surface area contributed by atoms with E-state index in [1.54, 1.807) is 6.33 Å². The van der Waals surface area contributed by atoms with Crippen molar-refractivity contribution in [1.29, 1.82) is 0 Å². The topological polar surface area (TPSA) is 77.6 Å². The van der Waals surface area contributed by atoms with Crippen LogP contribution in [0.25, 0.3) is 5.69 Å². The molecule has 1 N–H and O–H groups in total. The highest BCUT2D eigenvalue weighted by molar-refractivity contribution is 6.31. The van der Waals surface area contributed by atoms with Gasteiger partial charge in [0.25, 0.3) is 0 Å². The number of hydrogen-bond acceptors (Lipinski definition) is 4. The number of benzene rings is 1. The summed E-state index contributed by atoms with van der Waals surface area (Å²) in [6.45, 7) is 9.24. The Morgan fingerprint density at radius 2 is 2.04 bits per heavy atom. The quantitative estimate of drug-likeness (QED) is 0.661. The van der Waals surface area contributed by atoms with Gasteiger partial charge in [0.05, 0.1) is 17.8 Å². The zero-order chi connectivity index (χ0) is 20.3. The van der Waals surface area contributed by atoms with Crippen molar-refractivity contribution in [2.24, 2.45) is 0 Å². The summed E-state index contributed by atoms with van der Waals surface area (Å²) in [4.78, 5) is 12.4. The fourth-order valence-electron chi connectivity index (χ4n) is 3.17. The molecule has 7 nitrogen and oxygen atoms in total. The van der Waals surface area contributed by atoms with Gasteiger partial charge < -0.3 is 9.88 Å². The largest absolute Gasteiger partial charge is 0.355 e. The summed E-state index contributed by atoms with van der Waals surface area (Å²) >= 11 is 6.25. The zero-order valence-electron chi connectivity index (χ0n) is 16.7. The third-order valence-corrected chi connectivity index (χ3v) is 5.29. The van der Waals surface area contributed by atoms with Crippen molar-refractivity contribution < 1.29 is 4.79 Å². The van der Waals surface area contributed by atoms with Crippen LogP contribution in [0, 0.1) is 20.8 Å². The van der Waals surface area contributed by atoms with Crippen LogP contribution in [0.2, 0.25) is 5.02 Å². The van der Waals surface area contributed by atoms with Crippen molar-refractivity contribution in [3.8, 4) is 5.69 Å². The Kier molecular flexibility index (Phi) is 6.14. The Morgan fingerprint density at radius 3 is 2.75 bits per heavy atom. The minimum absolute atomic E-state index is 0.0322. The van der Waals surface area contributed by atoms with Crippen molar-refractivity contribution in [2.45, 2.75) is 47.1 Å². The lowest BCUT2D eigenvalue weighted by Crippen LogP contribution is -2.28. The lowest BCUT2D eigenvalue weighted by Gasteiger charge is -2.08. The third-order valence-electron chi connectivity index (χ3n) is 4.89. The van der Waals surface area contributed by atoms with E-state index in [4.69, 9.17) is 11.6 Å². The Bertz CT molecular complexity index is 991. The number of aryl methyl sites for hydroxylation is 3. The van der Waals surface area contributed by atoms with Gasteiger partial charge in [-0.3, -0.25) is 4.79 Å². The molecule has 0 aliphatic rings. The number of carbonyl (C=O) groups excluding carboxylic acids is 1. The highest BCUT2D eigenvalue weighted by atomic mass is 35.5. The molecule has 1 aromatic carbocycles. The first-order valence-electron chi connectivity index (χ1n) is 9.35. The first kappa shape index (κ1) is 20.1. The maximum atomic E-state index is 12.4. The van der Waals surface area contributed by atoms with Crippen molar-refractivity contribution in [1.82, 2.24) is 29.9 Å². The number of rotatable bonds is 7. The van der Waals surface area contributed by atoms with Crippen LogP contribution in [-0.2, 0) is 24.2 Å². The lowest BCUT2D eigenvalue weighted by atomic mass is 10.1. The van der Waals surface area contributed by atoms with Crippen LogP contribution in [0.1, 0.15) is 35.3 Å². The standard InChI is InChI=1S/C20H25ClN6O/c1-5-26-12-23-24-19(26)8-9-22-20(28)11-17-14(3)25-27(15(17)4)16-7-6-13(2)18(21)10-16/h6-7,10,12H,5,8-9,11H2,1-4H3,(H,22,28). The van der Waals surface area contributed by atoms with Gasteiger partial charge >= 0.3 is 0 Å². The number of hydrogen-bond donors (Lipinski definition) is 1. The highest BCUT2D eigenvalue weighted by Crippen LogP contribution is 2.23. The van der Waals surface area contributed by atoms with Crippen molar-refractivity contribution in [3.05, 3.63) is 57.9 Å². The van der Waals surface area contributed by atoms with Gasteiger partial charge in [-0.2, -0.15) is 5.10 Å². The van der Waals surface area contributed by atoms with E-state index < -0.39 is 0 Å². The normalized spacial score (nSPS) is 11.0. The number of amides is 1. The Labute approximate surface area is 169 Å². The number of aromatic nitrogens is 5. The van der Waals surface area contributed by atoms with Crippen LogP contribution in [0.5, 0.6) is 0 Å². The van der Waals surface area contributed by atoms with Crippen LogP contribution in [0.4, 0.5) is 0 Å². The number of nitrogens with zero attached hydrogens (tertiary/aromatic N) is 5. The zero-order valence-corrected chi connectivity index (χ0v) is 17.4. The Morgan fingerprint density at radius 1 is 1.25 bits per heavy atom. The first-order valence-corrected chi connectivity index (χ1v) is 9.73. The second-order valence-corrected chi connectivity index (χ2v) is 7.21. The molecule has 2 aromatic heterocycles. The molecule has 3 aromatic rings. The van der Waals surface area contributed by atoms with Gasteiger partial charge in [0.15, 0.2) is 0 Å². The van der Waals surface area contributed by atoms with Crippen molar-refractivity contribution >= 4 is 17.5 Å². The molecule has 0 saturated carbocycles. The molecule has 8 heteroatoms. The highest BCUT2D eigenvalue weighted by Gasteiger charge is 2.16. The lowest BCUT2D eigenvalue weighted by molar-refractivity contribution is -0.120. The summed E-state index contributed by atoms with van der Waals surface area (Å²) in [5.41, 5.74) is 4.63. The van der Waals surface area contributed by atoms with Gasteiger partial charge in [-0.1, -0.05) is 17.7 Å². The van der Waals surface area contributed by atoms with E-state index in [1.807, 2.05) is 55.1 Å². The average molecular weight is 401 g/mol. The van der Waals surface area contributed by atoms with Crippen LogP contribution < -0.4 is 5.32 Å². The molecule has 0 saturated heterocycles. The van der Waals surface area contributed by atoms with Crippen LogP contribution in [-0.4, -0.2) is 37.0 Å². The molecular formula is C20H25ClN6O. The van der Waals surface area contributed by atoms with Gasteiger partial charge in [-0.25, -0.2) is 4.68 Å². The molecule has 2 heterocycles. The van der Waals surface area contributed by atoms with E-state index >= 15 is 0 Å². The minimum Gasteiger partial charge on any atom is -0.355 e. The SMILES string of the molecule is CCn1cnnc1CCNC(=O)Cc1c(C)nn(-c2ccc(C)c(Cl)c2)c1C. The summed E-state index contributed by atoms with van der Waals surface area (Å²) < 4.78 is 3.81. The monoisotopic (exact) mass is 400 g/mol. The van der Waals surface area contributed by atoms with E-state index in [2.05, 4.69) is 20.6 Å². The van der Waals surface area contributed by atoms with E-state index in [9.17, 15) is 4.79 Å². The molecule has 3 rings (SSSR count). The van der Waals surface area contributed by atoms with Gasteiger partial charge in [-0.05, 0) is 45.4 Å². The second-order valence-electron chi connectivity index (χ2n) is 6.80. The number of carbonyl (C=O) groups is 1. The first-order chi connectivity index (χ1) is 13.4. The second kappa shape index (κ2) is 8.56.